The summed E-state index contributed by atoms with van der Waals surface area (Å²) >= 11 is 5.07. The van der Waals surface area contributed by atoms with Crippen molar-refractivity contribution < 1.29 is 171 Å². The Kier molecular flexibility index (Phi) is 90.6. The molecule has 4 fully saturated rings. The molecule has 6 heterocycles. The number of rotatable bonds is 14. The van der Waals surface area contributed by atoms with Crippen LogP contribution in [0.2, 0.25) is 0 Å². The third-order valence-corrected chi connectivity index (χ3v) is 16.4. The van der Waals surface area contributed by atoms with E-state index in [0.29, 0.717) is 438 Å². The van der Waals surface area contributed by atoms with Gasteiger partial charge >= 0.3 is 0 Å². The number of aliphatic hydroxyl groups is 2. The average molecular weight is 1850 g/mol. The Morgan fingerprint density at radius 1 is 0.283 bits per heavy atom. The lowest BCUT2D eigenvalue weighted by Gasteiger charge is -2.19. The maximum Gasteiger partial charge on any atom is 0.163 e. The van der Waals surface area contributed by atoms with Crippen molar-refractivity contribution in [3.05, 3.63) is 87.0 Å². The molecule has 0 bridgehead atoms. The van der Waals surface area contributed by atoms with Crippen molar-refractivity contribution >= 4 is 23.0 Å². The molecule has 38 nitrogen and oxygen atoms in total. The maximum atomic E-state index is 9.13. The van der Waals surface area contributed by atoms with Crippen LogP contribution in [0.4, 0.5) is 11.4 Å². The Bertz CT molecular complexity index is 2590. The summed E-state index contributed by atoms with van der Waals surface area (Å²) in [6, 6.07) is 11.1. The SMILES string of the molecule is C=CCCl.C=CCNc1ccc2c(c1)OCCOCCOCCOCCOCCO2.C=CCOCC1COCCOCCOCCO1.C=CCOCC1COCCOCCOCCOCCOCCO1.Nc1ccc2c(c1)OCCOCCOCCOCCOCCO2.OCC1COCCOCCOCCO1.OCC1COCCOCCOCCOCCOCCO1. The molecule has 5 N–H and O–H groups in total. The van der Waals surface area contributed by atoms with Crippen molar-refractivity contribution in [3.8, 4) is 23.0 Å². The van der Waals surface area contributed by atoms with E-state index in [9.17, 15) is 0 Å². The van der Waals surface area contributed by atoms with Gasteiger partial charge in [-0.3, -0.25) is 0 Å². The molecule has 0 aliphatic carbocycles. The summed E-state index contributed by atoms with van der Waals surface area (Å²) in [5.41, 5.74) is 7.36. The van der Waals surface area contributed by atoms with Gasteiger partial charge in [0, 0.05) is 35.9 Å². The van der Waals surface area contributed by atoms with Gasteiger partial charge in [0.25, 0.3) is 0 Å². The van der Waals surface area contributed by atoms with E-state index in [4.69, 9.17) is 189 Å². The lowest BCUT2D eigenvalue weighted by atomic mass is 10.2. The summed E-state index contributed by atoms with van der Waals surface area (Å²) in [5, 5.41) is 21.3. The number of nitrogen functional groups attached to an aromatic ring is 1. The number of aliphatic hydroxyl groups excluding tert-OH is 2. The zero-order valence-corrected chi connectivity index (χ0v) is 76.2. The van der Waals surface area contributed by atoms with E-state index < -0.39 is 0 Å². The quantitative estimate of drug-likeness (QED) is 0.0851. The van der Waals surface area contributed by atoms with Crippen LogP contribution in [0.5, 0.6) is 23.0 Å². The molecule has 0 radical (unpaired) electrons. The highest BCUT2D eigenvalue weighted by Crippen LogP contribution is 2.31. The molecule has 0 amide bonds. The van der Waals surface area contributed by atoms with Gasteiger partial charge in [-0.1, -0.05) is 24.3 Å². The summed E-state index contributed by atoms with van der Waals surface area (Å²) in [7, 11) is 0. The third-order valence-electron chi connectivity index (χ3n) is 16.1. The average Bonchev–Trinajstić information content (AvgIpc) is 0.880. The van der Waals surface area contributed by atoms with Crippen LogP contribution in [-0.2, 0) is 142 Å². The summed E-state index contributed by atoms with van der Waals surface area (Å²) in [6.07, 6.45) is 6.11. The number of ether oxygens (including phenoxy) is 34. The minimum absolute atomic E-state index is 0.0269. The highest BCUT2D eigenvalue weighted by molar-refractivity contribution is 6.18. The minimum atomic E-state index is -0.322. The molecule has 2 aromatic carbocycles. The van der Waals surface area contributed by atoms with Crippen LogP contribution < -0.4 is 30.0 Å². The van der Waals surface area contributed by atoms with E-state index in [0.717, 1.165) is 5.69 Å². The normalized spacial score (nSPS) is 22.4. The fourth-order valence-electron chi connectivity index (χ4n) is 9.92. The lowest BCUT2D eigenvalue weighted by molar-refractivity contribution is -0.0879. The molecule has 8 rings (SSSR count). The van der Waals surface area contributed by atoms with Crippen molar-refractivity contribution in [2.45, 2.75) is 24.4 Å². The molecular formula is C88H155ClN2O36. The van der Waals surface area contributed by atoms with Gasteiger partial charge in [-0.05, 0) is 24.3 Å². The third kappa shape index (κ3) is 80.6. The predicted molar refractivity (Wildman–Crippen MR) is 474 cm³/mol. The number of allylic oxidation sites excluding steroid dienone is 1. The molecule has 0 aromatic heterocycles. The molecule has 2 aromatic rings. The van der Waals surface area contributed by atoms with Crippen molar-refractivity contribution in [1.82, 2.24) is 0 Å². The first-order valence-corrected chi connectivity index (χ1v) is 44.4. The summed E-state index contributed by atoms with van der Waals surface area (Å²) in [4.78, 5) is 0. The number of alkyl halides is 1. The highest BCUT2D eigenvalue weighted by atomic mass is 35.5. The van der Waals surface area contributed by atoms with Gasteiger partial charge in [0.05, 0.1) is 383 Å². The molecule has 6 aliphatic heterocycles. The number of fused-ring (bicyclic) bond motifs is 2. The molecule has 740 valence electrons. The zero-order chi connectivity index (χ0) is 90.8. The second kappa shape index (κ2) is 97.2. The summed E-state index contributed by atoms with van der Waals surface area (Å²) < 4.78 is 185. The van der Waals surface area contributed by atoms with Gasteiger partial charge in [0.2, 0.25) is 0 Å². The fraction of sp³-hybridized carbons (Fsp3) is 0.773. The standard InChI is InChI=1S/C19H29NO6.C16H25NO6.C16H30O7.C13H26O7.C12H22O5.C9H18O5.C3H5Cl/c1-2-5-20-17-3-4-18-19(16-17)26-15-13-24-11-9-22-7-6-21-8-10-23-12-14-25-18;17-14-1-2-15-16(13-14)23-12-10-21-8-6-19-4-3-18-5-7-20-9-11-22-15;1-2-3-21-14-16-15-22-11-10-19-7-6-17-4-5-18-8-9-20-12-13-23-16;14-11-13-12-19-8-7-17-4-3-15-1-2-16-5-6-18-9-10-20-13;1-2-3-15-10-12-11-16-7-6-13-4-5-14-8-9-17-12;10-7-9-8-13-4-3-11-1-2-12-5-6-14-9;1-2-3-4/h2-4,16,20H,1,5-15H2;1-2,13H,3-12,17H2;2,16H,1,3-15H2;13-14H,1-12H2;2,12H,1,3-11H2;9-10H,1-8H2;2H,1,3H2. The molecule has 4 atom stereocenters. The van der Waals surface area contributed by atoms with Crippen molar-refractivity contribution in [2.75, 3.05) is 433 Å². The molecule has 4 saturated heterocycles. The van der Waals surface area contributed by atoms with Crippen LogP contribution in [0.3, 0.4) is 0 Å². The van der Waals surface area contributed by atoms with E-state index in [1.54, 1.807) is 42.5 Å². The molecule has 6 aliphatic rings. The topological polar surface area (TPSA) is 392 Å². The van der Waals surface area contributed by atoms with Gasteiger partial charge in [-0.15, -0.1) is 37.9 Å². The van der Waals surface area contributed by atoms with Crippen molar-refractivity contribution in [2.24, 2.45) is 0 Å². The van der Waals surface area contributed by atoms with Crippen LogP contribution in [0.15, 0.2) is 87.0 Å². The highest BCUT2D eigenvalue weighted by Gasteiger charge is 2.16. The number of nitrogens with two attached hydrogens (primary N) is 1. The first kappa shape index (κ1) is 118. The monoisotopic (exact) mass is 1850 g/mol. The van der Waals surface area contributed by atoms with Crippen LogP contribution in [-0.4, -0.2) is 457 Å². The van der Waals surface area contributed by atoms with E-state index in [1.807, 2.05) is 18.2 Å². The largest absolute Gasteiger partial charge is 0.487 e. The molecule has 127 heavy (non-hydrogen) atoms. The van der Waals surface area contributed by atoms with Crippen LogP contribution in [0.1, 0.15) is 0 Å². The lowest BCUT2D eigenvalue weighted by Crippen LogP contribution is -2.29. The predicted octanol–water partition coefficient (Wildman–Crippen LogP) is 4.84. The van der Waals surface area contributed by atoms with E-state index in [-0.39, 0.29) is 37.6 Å². The number of hydrogen-bond acceptors (Lipinski definition) is 38. The van der Waals surface area contributed by atoms with Crippen LogP contribution in [0.25, 0.3) is 0 Å². The second-order valence-electron chi connectivity index (χ2n) is 26.4. The Labute approximate surface area is 758 Å². The Balaban J connectivity index is 0.000000516. The number of anilines is 2. The van der Waals surface area contributed by atoms with Gasteiger partial charge < -0.3 is 182 Å². The number of hydrogen-bond donors (Lipinski definition) is 4. The van der Waals surface area contributed by atoms with Crippen LogP contribution >= 0.6 is 11.6 Å². The van der Waals surface area contributed by atoms with Gasteiger partial charge in [0.15, 0.2) is 23.0 Å². The molecule has 4 unspecified atom stereocenters. The number of halogens is 1. The second-order valence-corrected chi connectivity index (χ2v) is 26.7. The van der Waals surface area contributed by atoms with Gasteiger partial charge in [-0.25, -0.2) is 0 Å². The van der Waals surface area contributed by atoms with E-state index in [1.165, 1.54) is 0 Å². The molecule has 0 saturated carbocycles. The zero-order valence-electron chi connectivity index (χ0n) is 75.4. The van der Waals surface area contributed by atoms with Crippen molar-refractivity contribution in [3.63, 3.8) is 0 Å². The molecule has 39 heteroatoms. The van der Waals surface area contributed by atoms with Crippen molar-refractivity contribution in [1.29, 1.82) is 0 Å². The maximum absolute atomic E-state index is 9.13. The first-order valence-electron chi connectivity index (χ1n) is 43.9. The number of benzene rings is 2. The Hall–Kier alpha value is -4.79. The van der Waals surface area contributed by atoms with E-state index in [2.05, 4.69) is 31.6 Å². The first-order chi connectivity index (χ1) is 62.9. The Morgan fingerprint density at radius 2 is 0.504 bits per heavy atom. The smallest absolute Gasteiger partial charge is 0.163 e. The van der Waals surface area contributed by atoms with E-state index >= 15 is 0 Å². The fourth-order valence-corrected chi connectivity index (χ4v) is 9.92. The number of nitrogens with one attached hydrogen (secondary N) is 1. The summed E-state index contributed by atoms with van der Waals surface area (Å²) in [6.45, 7) is 45.9. The van der Waals surface area contributed by atoms with Crippen LogP contribution in [0, 0.1) is 0 Å². The minimum Gasteiger partial charge on any atom is -0.487 e. The summed E-state index contributed by atoms with van der Waals surface area (Å²) in [5.74, 6) is 3.15. The van der Waals surface area contributed by atoms with Gasteiger partial charge in [-0.2, -0.15) is 0 Å². The molecule has 0 spiro atoms. The Morgan fingerprint density at radius 3 is 0.756 bits per heavy atom. The molecular weight excluding hydrogens is 1700 g/mol. The van der Waals surface area contributed by atoms with Gasteiger partial charge in [0.1, 0.15) is 50.8 Å².